The van der Waals surface area contributed by atoms with Crippen LogP contribution in [-0.2, 0) is 9.59 Å². The molecular formula is C26H39F3N4O6. The van der Waals surface area contributed by atoms with Crippen molar-refractivity contribution < 1.29 is 42.1 Å². The predicted molar refractivity (Wildman–Crippen MR) is 138 cm³/mol. The van der Waals surface area contributed by atoms with E-state index in [1.807, 2.05) is 9.80 Å². The Morgan fingerprint density at radius 3 is 2.13 bits per heavy atom. The van der Waals surface area contributed by atoms with Gasteiger partial charge in [-0.2, -0.15) is 13.2 Å². The molecule has 2 aliphatic heterocycles. The fraction of sp³-hybridized carbons (Fsp3) is 0.654. The van der Waals surface area contributed by atoms with Gasteiger partial charge in [-0.1, -0.05) is 6.42 Å². The topological polar surface area (TPSA) is 112 Å². The van der Waals surface area contributed by atoms with Gasteiger partial charge in [-0.25, -0.2) is 4.79 Å². The van der Waals surface area contributed by atoms with Gasteiger partial charge in [-0.05, 0) is 38.4 Å². The largest absolute Gasteiger partial charge is 0.497 e. The Morgan fingerprint density at radius 2 is 1.62 bits per heavy atom. The van der Waals surface area contributed by atoms with E-state index in [2.05, 4.69) is 17.1 Å². The average Bonchev–Trinajstić information content (AvgIpc) is 2.93. The summed E-state index contributed by atoms with van der Waals surface area (Å²) in [7, 11) is 3.15. The number of carbonyl (C=O) groups excluding carboxylic acids is 2. The van der Waals surface area contributed by atoms with Crippen LogP contribution in [0.5, 0.6) is 11.5 Å². The van der Waals surface area contributed by atoms with Gasteiger partial charge in [0.15, 0.2) is 0 Å². The first-order valence-electron chi connectivity index (χ1n) is 13.0. The second kappa shape index (κ2) is 15.5. The number of hydrogen-bond donors (Lipinski definition) is 2. The van der Waals surface area contributed by atoms with Crippen molar-refractivity contribution in [2.45, 2.75) is 44.8 Å². The Morgan fingerprint density at radius 1 is 1.03 bits per heavy atom. The van der Waals surface area contributed by atoms with E-state index in [-0.39, 0.29) is 11.8 Å². The normalized spacial score (nSPS) is 18.0. The third-order valence-electron chi connectivity index (χ3n) is 6.79. The quantitative estimate of drug-likeness (QED) is 0.474. The molecular weight excluding hydrogens is 521 g/mol. The molecule has 0 radical (unpaired) electrons. The lowest BCUT2D eigenvalue weighted by molar-refractivity contribution is -0.192. The van der Waals surface area contributed by atoms with Gasteiger partial charge >= 0.3 is 12.1 Å². The zero-order valence-corrected chi connectivity index (χ0v) is 22.8. The molecule has 3 rings (SSSR count). The number of nitrogens with zero attached hydrogens (tertiary/aromatic N) is 3. The number of benzene rings is 1. The van der Waals surface area contributed by atoms with Crippen molar-refractivity contribution in [2.24, 2.45) is 0 Å². The van der Waals surface area contributed by atoms with Gasteiger partial charge in [0.2, 0.25) is 5.91 Å². The fourth-order valence-corrected chi connectivity index (χ4v) is 4.47. The lowest BCUT2D eigenvalue weighted by Crippen LogP contribution is -2.48. The van der Waals surface area contributed by atoms with Crippen molar-refractivity contribution >= 4 is 17.8 Å². The molecule has 0 bridgehead atoms. The van der Waals surface area contributed by atoms with Gasteiger partial charge < -0.3 is 29.7 Å². The van der Waals surface area contributed by atoms with Crippen LogP contribution in [-0.4, -0.2) is 116 Å². The number of carbonyl (C=O) groups is 3. The van der Waals surface area contributed by atoms with Crippen molar-refractivity contribution in [2.75, 3.05) is 66.6 Å². The average molecular weight is 561 g/mol. The highest BCUT2D eigenvalue weighted by Crippen LogP contribution is 2.24. The molecule has 0 aromatic heterocycles. The Kier molecular flexibility index (Phi) is 12.8. The lowest BCUT2D eigenvalue weighted by Gasteiger charge is -2.35. The molecule has 2 heterocycles. The maximum absolute atomic E-state index is 13.5. The Bertz CT molecular complexity index is 934. The third kappa shape index (κ3) is 10.6. The van der Waals surface area contributed by atoms with Crippen LogP contribution in [0.15, 0.2) is 18.2 Å². The summed E-state index contributed by atoms with van der Waals surface area (Å²) < 4.78 is 42.4. The van der Waals surface area contributed by atoms with Crippen LogP contribution in [0.25, 0.3) is 0 Å². The molecule has 2 N–H and O–H groups in total. The summed E-state index contributed by atoms with van der Waals surface area (Å²) in [5.74, 6) is -1.59. The molecule has 0 saturated carbocycles. The number of alkyl halides is 3. The Labute approximate surface area is 227 Å². The molecule has 1 aromatic carbocycles. The number of ether oxygens (including phenoxy) is 2. The third-order valence-corrected chi connectivity index (χ3v) is 6.79. The van der Waals surface area contributed by atoms with Gasteiger partial charge in [0, 0.05) is 69.9 Å². The molecule has 2 saturated heterocycles. The molecule has 2 aliphatic rings. The number of methoxy groups -OCH3 is 2. The summed E-state index contributed by atoms with van der Waals surface area (Å²) in [4.78, 5) is 41.3. The number of carboxylic acid groups (broad SMARTS) is 1. The molecule has 1 aromatic rings. The van der Waals surface area contributed by atoms with Crippen molar-refractivity contribution in [3.05, 3.63) is 23.8 Å². The summed E-state index contributed by atoms with van der Waals surface area (Å²) in [5, 5.41) is 10.4. The molecule has 2 amide bonds. The number of rotatable bonds is 9. The van der Waals surface area contributed by atoms with E-state index in [0.29, 0.717) is 42.6 Å². The Hall–Kier alpha value is -3.06. The van der Waals surface area contributed by atoms with Crippen molar-refractivity contribution in [1.29, 1.82) is 0 Å². The van der Waals surface area contributed by atoms with E-state index < -0.39 is 12.1 Å². The maximum atomic E-state index is 13.5. The van der Waals surface area contributed by atoms with Crippen LogP contribution >= 0.6 is 0 Å². The summed E-state index contributed by atoms with van der Waals surface area (Å²) in [6, 6.07) is 5.75. The number of aliphatic carboxylic acids is 1. The van der Waals surface area contributed by atoms with E-state index in [4.69, 9.17) is 19.4 Å². The van der Waals surface area contributed by atoms with Crippen LogP contribution in [0.4, 0.5) is 13.2 Å². The minimum atomic E-state index is -5.08. The molecule has 1 unspecified atom stereocenters. The van der Waals surface area contributed by atoms with E-state index in [9.17, 15) is 22.8 Å². The van der Waals surface area contributed by atoms with E-state index >= 15 is 0 Å². The molecule has 220 valence electrons. The molecule has 1 atom stereocenters. The highest BCUT2D eigenvalue weighted by atomic mass is 19.4. The number of halogens is 3. The van der Waals surface area contributed by atoms with Crippen molar-refractivity contribution in [1.82, 2.24) is 20.0 Å². The first kappa shape index (κ1) is 32.2. The molecule has 13 heteroatoms. The summed E-state index contributed by atoms with van der Waals surface area (Å²) in [6.45, 7) is 8.24. The lowest BCUT2D eigenvalue weighted by atomic mass is 10.0. The van der Waals surface area contributed by atoms with Crippen LogP contribution < -0.4 is 14.8 Å². The smallest absolute Gasteiger partial charge is 0.490 e. The van der Waals surface area contributed by atoms with Gasteiger partial charge in [-0.3, -0.25) is 14.5 Å². The first-order chi connectivity index (χ1) is 18.5. The van der Waals surface area contributed by atoms with E-state index in [1.54, 1.807) is 32.4 Å². The van der Waals surface area contributed by atoms with Gasteiger partial charge in [0.25, 0.3) is 5.91 Å². The van der Waals surface area contributed by atoms with Crippen molar-refractivity contribution in [3.63, 3.8) is 0 Å². The molecule has 10 nitrogen and oxygen atoms in total. The highest BCUT2D eigenvalue weighted by Gasteiger charge is 2.38. The molecule has 39 heavy (non-hydrogen) atoms. The second-order valence-electron chi connectivity index (χ2n) is 9.46. The predicted octanol–water partition coefficient (Wildman–Crippen LogP) is 2.48. The van der Waals surface area contributed by atoms with Gasteiger partial charge in [0.05, 0.1) is 14.2 Å². The zero-order chi connectivity index (χ0) is 29.0. The monoisotopic (exact) mass is 560 g/mol. The number of piperazine rings is 1. The van der Waals surface area contributed by atoms with Crippen LogP contribution in [0.2, 0.25) is 0 Å². The Balaban J connectivity index is 0.000000673. The number of carboxylic acids is 1. The van der Waals surface area contributed by atoms with Gasteiger partial charge in [0.1, 0.15) is 11.5 Å². The van der Waals surface area contributed by atoms with Crippen LogP contribution in [0.1, 0.15) is 43.0 Å². The zero-order valence-electron chi connectivity index (χ0n) is 22.8. The van der Waals surface area contributed by atoms with Crippen LogP contribution in [0.3, 0.4) is 0 Å². The maximum Gasteiger partial charge on any atom is 0.490 e. The molecule has 2 fully saturated rings. The summed E-state index contributed by atoms with van der Waals surface area (Å²) in [5.41, 5.74) is 0.516. The number of nitrogens with one attached hydrogen (secondary N) is 1. The number of amides is 2. The number of hydrogen-bond acceptors (Lipinski definition) is 7. The number of likely N-dealkylation sites (tertiary alicyclic amines) is 1. The SMILES string of the molecule is COc1cc(OC)cc(C(=O)N(CCC(=O)N2CCNCC2)CCN2CCCCC2C)c1.O=C(O)C(F)(F)F. The fourth-order valence-electron chi connectivity index (χ4n) is 4.47. The van der Waals surface area contributed by atoms with Crippen LogP contribution in [0, 0.1) is 0 Å². The first-order valence-corrected chi connectivity index (χ1v) is 13.0. The summed E-state index contributed by atoms with van der Waals surface area (Å²) >= 11 is 0. The summed E-state index contributed by atoms with van der Waals surface area (Å²) in [6.07, 6.45) is -1.08. The molecule has 0 aliphatic carbocycles. The second-order valence-corrected chi connectivity index (χ2v) is 9.46. The number of piperidine rings is 1. The standard InChI is InChI=1S/C24H38N4O4.C2HF3O2/c1-19-6-4-5-10-26(19)14-15-28(11-7-23(29)27-12-8-25-9-13-27)24(30)20-16-21(31-2)18-22(17-20)32-3;3-2(4,5)1(6)7/h16-19,25H,4-15H2,1-3H3;(H,6,7). The van der Waals surface area contributed by atoms with Gasteiger partial charge in [-0.15, -0.1) is 0 Å². The minimum absolute atomic E-state index is 0.0972. The van der Waals surface area contributed by atoms with Crippen molar-refractivity contribution in [3.8, 4) is 11.5 Å². The van der Waals surface area contributed by atoms with E-state index in [0.717, 1.165) is 39.3 Å². The molecule has 0 spiro atoms. The van der Waals surface area contributed by atoms with E-state index in [1.165, 1.54) is 19.3 Å². The minimum Gasteiger partial charge on any atom is -0.497 e. The highest BCUT2D eigenvalue weighted by molar-refractivity contribution is 5.95.